The zero-order valence-corrected chi connectivity index (χ0v) is 13.2. The molecule has 0 aliphatic carbocycles. The molecule has 0 aliphatic rings. The lowest BCUT2D eigenvalue weighted by molar-refractivity contribution is -0.113. The normalized spacial score (nSPS) is 10.9. The number of primary amides is 1. The van der Waals surface area contributed by atoms with Gasteiger partial charge in [-0.3, -0.25) is 4.79 Å². The maximum absolute atomic E-state index is 12.0. The van der Waals surface area contributed by atoms with Crippen LogP contribution >= 0.6 is 0 Å². The summed E-state index contributed by atoms with van der Waals surface area (Å²) in [5.41, 5.74) is 8.37. The molecule has 4 nitrogen and oxygen atoms in total. The number of rotatable bonds is 5. The number of carbonyl (C=O) groups excluding carboxylic acids is 2. The van der Waals surface area contributed by atoms with Crippen LogP contribution in [0.5, 0.6) is 0 Å². The lowest BCUT2D eigenvalue weighted by Gasteiger charge is -2.09. The van der Waals surface area contributed by atoms with Crippen LogP contribution in [-0.2, 0) is 9.53 Å². The van der Waals surface area contributed by atoms with Gasteiger partial charge in [0.1, 0.15) is 0 Å². The Balaban J connectivity index is 2.22. The van der Waals surface area contributed by atoms with E-state index in [9.17, 15) is 9.59 Å². The number of benzene rings is 2. The minimum absolute atomic E-state index is 0.150. The van der Waals surface area contributed by atoms with Gasteiger partial charge in [0, 0.05) is 6.08 Å². The molecule has 2 aromatic carbocycles. The molecule has 2 N–H and O–H groups in total. The Morgan fingerprint density at radius 2 is 1.74 bits per heavy atom. The van der Waals surface area contributed by atoms with Crippen molar-refractivity contribution in [2.75, 3.05) is 0 Å². The molecule has 2 aromatic rings. The predicted molar refractivity (Wildman–Crippen MR) is 90.7 cm³/mol. The molecule has 23 heavy (non-hydrogen) atoms. The first-order valence-corrected chi connectivity index (χ1v) is 7.34. The zero-order chi connectivity index (χ0) is 16.8. The molecule has 0 saturated heterocycles. The Morgan fingerprint density at radius 1 is 1.04 bits per heavy atom. The van der Waals surface area contributed by atoms with E-state index < -0.39 is 5.91 Å². The summed E-state index contributed by atoms with van der Waals surface area (Å²) >= 11 is 0. The summed E-state index contributed by atoms with van der Waals surface area (Å²) in [7, 11) is 0. The van der Waals surface area contributed by atoms with Crippen LogP contribution in [-0.4, -0.2) is 18.0 Å². The smallest absolute Gasteiger partial charge is 0.338 e. The molecule has 0 spiro atoms. The summed E-state index contributed by atoms with van der Waals surface area (Å²) in [6, 6.07) is 14.9. The SMILES string of the molecule is CC(C)OC(=O)c1cccc(-c2ccc(/C=C\C(N)=O)cc2)c1. The molecule has 0 aliphatic heterocycles. The van der Waals surface area contributed by atoms with Crippen LogP contribution in [0.4, 0.5) is 0 Å². The average molecular weight is 309 g/mol. The van der Waals surface area contributed by atoms with E-state index in [4.69, 9.17) is 10.5 Å². The van der Waals surface area contributed by atoms with Gasteiger partial charge in [0.25, 0.3) is 0 Å². The predicted octanol–water partition coefficient (Wildman–Crippen LogP) is 3.42. The molecule has 0 heterocycles. The molecular weight excluding hydrogens is 290 g/mol. The third-order valence-corrected chi connectivity index (χ3v) is 3.13. The molecule has 0 atom stereocenters. The van der Waals surface area contributed by atoms with Gasteiger partial charge < -0.3 is 10.5 Å². The van der Waals surface area contributed by atoms with Gasteiger partial charge in [-0.15, -0.1) is 0 Å². The van der Waals surface area contributed by atoms with Gasteiger partial charge >= 0.3 is 5.97 Å². The summed E-state index contributed by atoms with van der Waals surface area (Å²) in [4.78, 5) is 22.7. The van der Waals surface area contributed by atoms with Gasteiger partial charge in [-0.25, -0.2) is 4.79 Å². The lowest BCUT2D eigenvalue weighted by Crippen LogP contribution is -2.11. The molecule has 0 unspecified atom stereocenters. The van der Waals surface area contributed by atoms with Gasteiger partial charge in [0.15, 0.2) is 0 Å². The second kappa shape index (κ2) is 7.40. The highest BCUT2D eigenvalue weighted by Gasteiger charge is 2.10. The van der Waals surface area contributed by atoms with Gasteiger partial charge in [-0.2, -0.15) is 0 Å². The fourth-order valence-corrected chi connectivity index (χ4v) is 2.07. The fraction of sp³-hybridized carbons (Fsp3) is 0.158. The van der Waals surface area contributed by atoms with E-state index in [0.29, 0.717) is 5.56 Å². The summed E-state index contributed by atoms with van der Waals surface area (Å²) in [5.74, 6) is -0.812. The molecule has 1 amide bonds. The van der Waals surface area contributed by atoms with Crippen molar-refractivity contribution in [2.45, 2.75) is 20.0 Å². The highest BCUT2D eigenvalue weighted by Crippen LogP contribution is 2.22. The fourth-order valence-electron chi connectivity index (χ4n) is 2.07. The number of carbonyl (C=O) groups is 2. The molecular formula is C19H19NO3. The number of ether oxygens (including phenoxy) is 1. The van der Waals surface area contributed by atoms with Crippen molar-refractivity contribution in [1.82, 2.24) is 0 Å². The number of hydrogen-bond donors (Lipinski definition) is 1. The largest absolute Gasteiger partial charge is 0.459 e. The van der Waals surface area contributed by atoms with Crippen molar-refractivity contribution < 1.29 is 14.3 Å². The summed E-state index contributed by atoms with van der Waals surface area (Å²) in [5, 5.41) is 0. The quantitative estimate of drug-likeness (QED) is 0.679. The molecule has 0 fully saturated rings. The van der Waals surface area contributed by atoms with Crippen LogP contribution in [0.25, 0.3) is 17.2 Å². The Morgan fingerprint density at radius 3 is 2.35 bits per heavy atom. The average Bonchev–Trinajstić information content (AvgIpc) is 2.53. The first kappa shape index (κ1) is 16.5. The summed E-state index contributed by atoms with van der Waals surface area (Å²) in [6.45, 7) is 3.64. The first-order valence-electron chi connectivity index (χ1n) is 7.34. The standard InChI is InChI=1S/C19H19NO3/c1-13(2)23-19(22)17-5-3-4-16(12-17)15-9-6-14(7-10-15)8-11-18(20)21/h3-13H,1-2H3,(H2,20,21)/b11-8-. The maximum atomic E-state index is 12.0. The third-order valence-electron chi connectivity index (χ3n) is 3.13. The molecule has 0 saturated carbocycles. The van der Waals surface area contributed by atoms with Crippen LogP contribution in [0.1, 0.15) is 29.8 Å². The lowest BCUT2D eigenvalue weighted by atomic mass is 10.0. The third kappa shape index (κ3) is 4.81. The molecule has 4 heteroatoms. The number of hydrogen-bond acceptors (Lipinski definition) is 3. The molecule has 0 radical (unpaired) electrons. The van der Waals surface area contributed by atoms with Gasteiger partial charge in [-0.05, 0) is 48.7 Å². The number of esters is 1. The number of amides is 1. The number of nitrogens with two attached hydrogens (primary N) is 1. The summed E-state index contributed by atoms with van der Waals surface area (Å²) in [6.07, 6.45) is 2.82. The van der Waals surface area contributed by atoms with E-state index in [1.165, 1.54) is 6.08 Å². The van der Waals surface area contributed by atoms with Gasteiger partial charge in [-0.1, -0.05) is 36.4 Å². The van der Waals surface area contributed by atoms with E-state index >= 15 is 0 Å². The van der Waals surface area contributed by atoms with Crippen molar-refractivity contribution in [1.29, 1.82) is 0 Å². The van der Waals surface area contributed by atoms with Crippen LogP contribution in [0.3, 0.4) is 0 Å². The Kier molecular flexibility index (Phi) is 5.31. The second-order valence-electron chi connectivity index (χ2n) is 5.39. The van der Waals surface area contributed by atoms with Crippen molar-refractivity contribution in [3.63, 3.8) is 0 Å². The molecule has 0 bridgehead atoms. The zero-order valence-electron chi connectivity index (χ0n) is 13.2. The van der Waals surface area contributed by atoms with Crippen molar-refractivity contribution in [3.05, 3.63) is 65.7 Å². The van der Waals surface area contributed by atoms with E-state index in [2.05, 4.69) is 0 Å². The highest BCUT2D eigenvalue weighted by molar-refractivity contribution is 5.91. The van der Waals surface area contributed by atoms with Crippen molar-refractivity contribution in [3.8, 4) is 11.1 Å². The van der Waals surface area contributed by atoms with Crippen LogP contribution < -0.4 is 5.73 Å². The van der Waals surface area contributed by atoms with E-state index in [-0.39, 0.29) is 12.1 Å². The van der Waals surface area contributed by atoms with Gasteiger partial charge in [0.2, 0.25) is 5.91 Å². The Hall–Kier alpha value is -2.88. The van der Waals surface area contributed by atoms with Gasteiger partial charge in [0.05, 0.1) is 11.7 Å². The van der Waals surface area contributed by atoms with Crippen molar-refractivity contribution in [2.24, 2.45) is 5.73 Å². The highest BCUT2D eigenvalue weighted by atomic mass is 16.5. The topological polar surface area (TPSA) is 69.4 Å². The molecule has 118 valence electrons. The second-order valence-corrected chi connectivity index (χ2v) is 5.39. The van der Waals surface area contributed by atoms with Crippen LogP contribution in [0.15, 0.2) is 54.6 Å². The first-order chi connectivity index (χ1) is 11.0. The minimum Gasteiger partial charge on any atom is -0.459 e. The maximum Gasteiger partial charge on any atom is 0.338 e. The van der Waals surface area contributed by atoms with E-state index in [0.717, 1.165) is 16.7 Å². The van der Waals surface area contributed by atoms with Crippen molar-refractivity contribution >= 4 is 18.0 Å². The summed E-state index contributed by atoms with van der Waals surface area (Å²) < 4.78 is 5.21. The minimum atomic E-state index is -0.481. The molecule has 2 rings (SSSR count). The van der Waals surface area contributed by atoms with Crippen LogP contribution in [0, 0.1) is 0 Å². The molecule has 0 aromatic heterocycles. The van der Waals surface area contributed by atoms with E-state index in [1.54, 1.807) is 18.2 Å². The Bertz CT molecular complexity index is 731. The van der Waals surface area contributed by atoms with Crippen LogP contribution in [0.2, 0.25) is 0 Å². The monoisotopic (exact) mass is 309 g/mol. The Labute approximate surface area is 135 Å². The van der Waals surface area contributed by atoms with E-state index in [1.807, 2.05) is 50.2 Å².